The van der Waals surface area contributed by atoms with Gasteiger partial charge in [0.25, 0.3) is 0 Å². The molecule has 0 unspecified atom stereocenters. The van der Waals surface area contributed by atoms with Crippen LogP contribution in [0.3, 0.4) is 0 Å². The lowest BCUT2D eigenvalue weighted by molar-refractivity contribution is 0.115. The van der Waals surface area contributed by atoms with Crippen molar-refractivity contribution in [2.24, 2.45) is 0 Å². The summed E-state index contributed by atoms with van der Waals surface area (Å²) in [5.41, 5.74) is 1.02. The number of hydrogen-bond donors (Lipinski definition) is 1. The van der Waals surface area contributed by atoms with Gasteiger partial charge in [0.15, 0.2) is 11.5 Å². The number of ether oxygens (including phenoxy) is 2. The Morgan fingerprint density at radius 1 is 1.37 bits per heavy atom. The highest BCUT2D eigenvalue weighted by Gasteiger charge is 2.30. The third kappa shape index (κ3) is 3.36. The van der Waals surface area contributed by atoms with E-state index in [1.54, 1.807) is 7.11 Å². The van der Waals surface area contributed by atoms with Crippen molar-refractivity contribution in [2.45, 2.75) is 25.7 Å². The molecule has 0 aromatic heterocycles. The van der Waals surface area contributed by atoms with Crippen molar-refractivity contribution in [3.8, 4) is 11.5 Å². The number of benzene rings is 1. The van der Waals surface area contributed by atoms with E-state index in [4.69, 9.17) is 9.47 Å². The molecule has 1 aliphatic heterocycles. The van der Waals surface area contributed by atoms with Gasteiger partial charge in [-0.1, -0.05) is 6.07 Å². The topological polar surface area (TPSA) is 41.9 Å². The zero-order chi connectivity index (χ0) is 13.8. The second-order valence-corrected chi connectivity index (χ2v) is 4.70. The van der Waals surface area contributed by atoms with Crippen LogP contribution < -0.4 is 9.47 Å². The van der Waals surface area contributed by atoms with Crippen LogP contribution in [-0.2, 0) is 6.54 Å². The second-order valence-electron chi connectivity index (χ2n) is 4.70. The number of alkyl halides is 1. The molecule has 2 atom stereocenters. The first kappa shape index (κ1) is 14.1. The normalized spacial score (nSPS) is 23.6. The molecule has 1 heterocycles. The lowest BCUT2D eigenvalue weighted by Crippen LogP contribution is -2.21. The summed E-state index contributed by atoms with van der Waals surface area (Å²) in [6, 6.07) is 5.69. The van der Waals surface area contributed by atoms with Gasteiger partial charge in [0, 0.05) is 19.6 Å². The van der Waals surface area contributed by atoms with Crippen LogP contribution in [0.25, 0.3) is 0 Å². The Labute approximate surface area is 112 Å². The van der Waals surface area contributed by atoms with Crippen LogP contribution >= 0.6 is 0 Å². The minimum Gasteiger partial charge on any atom is -0.493 e. The quantitative estimate of drug-likeness (QED) is 0.882. The van der Waals surface area contributed by atoms with Crippen molar-refractivity contribution in [1.82, 2.24) is 4.90 Å². The fraction of sp³-hybridized carbons (Fsp3) is 0.571. The van der Waals surface area contributed by atoms with Gasteiger partial charge in [-0.2, -0.15) is 0 Å². The number of halogens is 1. The van der Waals surface area contributed by atoms with Gasteiger partial charge in [-0.25, -0.2) is 4.39 Å². The van der Waals surface area contributed by atoms with E-state index >= 15 is 0 Å². The minimum atomic E-state index is -1.15. The van der Waals surface area contributed by atoms with Crippen molar-refractivity contribution in [1.29, 1.82) is 0 Å². The Balaban J connectivity index is 2.05. The number of nitrogens with zero attached hydrogens (tertiary/aromatic N) is 1. The van der Waals surface area contributed by atoms with Crippen molar-refractivity contribution in [2.75, 3.05) is 26.8 Å². The fourth-order valence-corrected chi connectivity index (χ4v) is 2.29. The zero-order valence-corrected chi connectivity index (χ0v) is 11.3. The number of methoxy groups -OCH3 is 1. The number of aliphatic hydroxyl groups excluding tert-OH is 1. The van der Waals surface area contributed by atoms with Gasteiger partial charge in [-0.05, 0) is 24.6 Å². The van der Waals surface area contributed by atoms with Gasteiger partial charge >= 0.3 is 0 Å². The van der Waals surface area contributed by atoms with Crippen LogP contribution in [0.5, 0.6) is 11.5 Å². The minimum absolute atomic E-state index is 0.274. The molecule has 0 spiro atoms. The van der Waals surface area contributed by atoms with E-state index in [0.717, 1.165) is 5.56 Å². The van der Waals surface area contributed by atoms with E-state index in [0.29, 0.717) is 31.2 Å². The van der Waals surface area contributed by atoms with E-state index in [1.807, 2.05) is 30.0 Å². The maximum absolute atomic E-state index is 13.2. The SMILES string of the molecule is CCOc1ccc(CN2C[C@@H](O)[C@H](F)C2)cc1OC. The predicted molar refractivity (Wildman–Crippen MR) is 70.3 cm³/mol. The third-order valence-corrected chi connectivity index (χ3v) is 3.23. The molecule has 1 aromatic carbocycles. The molecular formula is C14H20FNO3. The van der Waals surface area contributed by atoms with E-state index in [-0.39, 0.29) is 6.54 Å². The van der Waals surface area contributed by atoms with Gasteiger partial charge in [0.1, 0.15) is 6.17 Å². The lowest BCUT2D eigenvalue weighted by Gasteiger charge is -2.16. The van der Waals surface area contributed by atoms with Crippen LogP contribution in [0.4, 0.5) is 4.39 Å². The Kier molecular flexibility index (Phi) is 4.61. The molecule has 5 heteroatoms. The second kappa shape index (κ2) is 6.21. The molecule has 0 radical (unpaired) electrons. The molecule has 0 saturated carbocycles. The summed E-state index contributed by atoms with van der Waals surface area (Å²) >= 11 is 0. The molecule has 1 saturated heterocycles. The number of hydrogen-bond acceptors (Lipinski definition) is 4. The summed E-state index contributed by atoms with van der Waals surface area (Å²) in [5, 5.41) is 9.40. The first-order valence-corrected chi connectivity index (χ1v) is 6.48. The van der Waals surface area contributed by atoms with Gasteiger partial charge < -0.3 is 14.6 Å². The van der Waals surface area contributed by atoms with Gasteiger partial charge in [0.05, 0.1) is 19.8 Å². The summed E-state index contributed by atoms with van der Waals surface area (Å²) in [6.45, 7) is 3.74. The monoisotopic (exact) mass is 269 g/mol. The molecule has 0 aliphatic carbocycles. The molecule has 1 aromatic rings. The Morgan fingerprint density at radius 3 is 2.74 bits per heavy atom. The van der Waals surface area contributed by atoms with Crippen LogP contribution in [0.2, 0.25) is 0 Å². The van der Waals surface area contributed by atoms with Crippen LogP contribution in [0.1, 0.15) is 12.5 Å². The molecule has 0 bridgehead atoms. The number of likely N-dealkylation sites (tertiary alicyclic amines) is 1. The molecule has 2 rings (SSSR count). The summed E-state index contributed by atoms with van der Waals surface area (Å²) in [6.07, 6.45) is -2.02. The van der Waals surface area contributed by atoms with Gasteiger partial charge in [-0.3, -0.25) is 4.90 Å². The lowest BCUT2D eigenvalue weighted by atomic mass is 10.2. The first-order chi connectivity index (χ1) is 9.13. The third-order valence-electron chi connectivity index (χ3n) is 3.23. The summed E-state index contributed by atoms with van der Waals surface area (Å²) in [7, 11) is 1.60. The maximum atomic E-state index is 13.2. The average molecular weight is 269 g/mol. The smallest absolute Gasteiger partial charge is 0.161 e. The highest BCUT2D eigenvalue weighted by atomic mass is 19.1. The largest absolute Gasteiger partial charge is 0.493 e. The summed E-state index contributed by atoms with van der Waals surface area (Å²) < 4.78 is 24.0. The maximum Gasteiger partial charge on any atom is 0.161 e. The fourth-order valence-electron chi connectivity index (χ4n) is 2.29. The van der Waals surface area contributed by atoms with Crippen molar-refractivity contribution in [3.05, 3.63) is 23.8 Å². The van der Waals surface area contributed by atoms with Crippen LogP contribution in [0, 0.1) is 0 Å². The van der Waals surface area contributed by atoms with E-state index in [9.17, 15) is 9.50 Å². The van der Waals surface area contributed by atoms with E-state index < -0.39 is 12.3 Å². The predicted octanol–water partition coefficient (Wildman–Crippen LogP) is 1.61. The standard InChI is InChI=1S/C14H20FNO3/c1-3-19-13-5-4-10(6-14(13)18-2)7-16-8-11(15)12(17)9-16/h4-6,11-12,17H,3,7-9H2,1-2H3/t11-,12-/m1/s1. The van der Waals surface area contributed by atoms with Crippen LogP contribution in [-0.4, -0.2) is 49.1 Å². The highest BCUT2D eigenvalue weighted by Crippen LogP contribution is 2.29. The zero-order valence-electron chi connectivity index (χ0n) is 11.3. The van der Waals surface area contributed by atoms with Crippen molar-refractivity contribution in [3.63, 3.8) is 0 Å². The first-order valence-electron chi connectivity index (χ1n) is 6.48. The molecule has 0 amide bonds. The summed E-state index contributed by atoms with van der Waals surface area (Å²) in [5.74, 6) is 1.38. The Morgan fingerprint density at radius 2 is 2.16 bits per heavy atom. The highest BCUT2D eigenvalue weighted by molar-refractivity contribution is 5.43. The van der Waals surface area contributed by atoms with Gasteiger partial charge in [-0.15, -0.1) is 0 Å². The molecule has 4 nitrogen and oxygen atoms in total. The number of aliphatic hydroxyl groups is 1. The van der Waals surface area contributed by atoms with Crippen molar-refractivity contribution < 1.29 is 19.0 Å². The molecule has 106 valence electrons. The molecule has 19 heavy (non-hydrogen) atoms. The Bertz CT molecular complexity index is 417. The number of β-amino-alcohol motifs (C(OH)–C–C–N with tert-alkyl or cyclic N) is 1. The summed E-state index contributed by atoms with van der Waals surface area (Å²) in [4.78, 5) is 1.89. The molecule has 1 fully saturated rings. The molecule has 1 aliphatic rings. The number of rotatable bonds is 5. The molecular weight excluding hydrogens is 249 g/mol. The van der Waals surface area contributed by atoms with Crippen LogP contribution in [0.15, 0.2) is 18.2 Å². The van der Waals surface area contributed by atoms with E-state index in [1.165, 1.54) is 0 Å². The molecule has 1 N–H and O–H groups in total. The average Bonchev–Trinajstić information content (AvgIpc) is 2.70. The van der Waals surface area contributed by atoms with Crippen molar-refractivity contribution >= 4 is 0 Å². The van der Waals surface area contributed by atoms with Gasteiger partial charge in [0.2, 0.25) is 0 Å². The van der Waals surface area contributed by atoms with E-state index in [2.05, 4.69) is 0 Å². The Hall–Kier alpha value is -1.33.